The summed E-state index contributed by atoms with van der Waals surface area (Å²) in [5.74, 6) is -10.4. The van der Waals surface area contributed by atoms with Gasteiger partial charge >= 0.3 is 368 Å². The van der Waals surface area contributed by atoms with E-state index in [1.54, 1.807) is 43.4 Å². The topological polar surface area (TPSA) is 310 Å². The molecule has 0 radical (unpaired) electrons. The van der Waals surface area contributed by atoms with Crippen LogP contribution >= 0.6 is 0 Å². The Bertz CT molecular complexity index is 2270. The van der Waals surface area contributed by atoms with Crippen LogP contribution < -0.4 is 20.4 Å². The van der Waals surface area contributed by atoms with Gasteiger partial charge in [-0.2, -0.15) is 0 Å². The molecule has 0 heterocycles. The molecular weight excluding hydrogens is 1790 g/mol. The average molecular weight is 1990 g/mol. The third-order valence-corrected chi connectivity index (χ3v) is 31.4. The van der Waals surface area contributed by atoms with E-state index in [9.17, 15) is 58.8 Å². The summed E-state index contributed by atoms with van der Waals surface area (Å²) < 4.78 is 6.66. The zero-order valence-corrected chi connectivity index (χ0v) is 89.1. The van der Waals surface area contributed by atoms with Crippen molar-refractivity contribution in [2.24, 2.45) is 0 Å². The van der Waals surface area contributed by atoms with Gasteiger partial charge in [0.15, 0.2) is 0 Å². The molecule has 4 N–H and O–H groups in total. The number of carboxylic acids is 8. The number of carbonyl (C=O) groups excluding carboxylic acids is 4. The molecule has 0 aromatic heterocycles. The number of hydrogen-bond donors (Lipinski definition) is 4. The van der Waals surface area contributed by atoms with Crippen molar-refractivity contribution in [1.82, 2.24) is 0 Å². The Labute approximate surface area is 796 Å². The Morgan fingerprint density at radius 3 is 0.429 bits per heavy atom. The van der Waals surface area contributed by atoms with Gasteiger partial charge in [-0.15, -0.1) is 0 Å². The van der Waals surface area contributed by atoms with Crippen LogP contribution in [-0.4, -0.2) is 110 Å². The second kappa shape index (κ2) is 117. The Balaban J connectivity index is -0.000000345. The molecule has 0 aromatic rings. The second-order valence-corrected chi connectivity index (χ2v) is 44.3. The maximum absolute atomic E-state index is 10.7. The molecule has 736 valence electrons. The van der Waals surface area contributed by atoms with E-state index in [-0.39, 0.29) is 77.4 Å². The monoisotopic (exact) mass is 1990 g/mol. The molecule has 0 spiro atoms. The fourth-order valence-electron chi connectivity index (χ4n) is 15.2. The first-order valence-electron chi connectivity index (χ1n) is 53.1. The fourth-order valence-corrected chi connectivity index (χ4v) is 22.4. The third kappa shape index (κ3) is 127. The quantitative estimate of drug-likeness (QED) is 0.0250. The molecule has 0 unspecified atom stereocenters. The molecule has 126 heavy (non-hydrogen) atoms. The first kappa shape index (κ1) is 133. The zero-order valence-electron chi connectivity index (χ0n) is 83.4. The Morgan fingerprint density at radius 2 is 0.310 bits per heavy atom. The van der Waals surface area contributed by atoms with Crippen molar-refractivity contribution >= 4 is 90.0 Å². The van der Waals surface area contributed by atoms with Crippen molar-refractivity contribution in [3.63, 3.8) is 0 Å². The molecule has 0 aromatic carbocycles. The summed E-state index contributed by atoms with van der Waals surface area (Å²) in [5, 5.41) is 76.6. The Kier molecular flexibility index (Phi) is 124. The van der Waals surface area contributed by atoms with Crippen LogP contribution in [0.4, 0.5) is 0 Å². The third-order valence-electron chi connectivity index (χ3n) is 23.3. The van der Waals surface area contributed by atoms with Crippen molar-refractivity contribution in [2.45, 2.75) is 587 Å². The van der Waals surface area contributed by atoms with Gasteiger partial charge in [-0.25, -0.2) is 19.2 Å². The molecule has 0 rings (SSSR count). The maximum atomic E-state index is 10.7. The molecule has 18 heteroatoms. The summed E-state index contributed by atoms with van der Waals surface area (Å²) in [6.07, 6.45) is 105. The van der Waals surface area contributed by atoms with Gasteiger partial charge in [0.25, 0.3) is 0 Å². The first-order chi connectivity index (χ1) is 61.1. The van der Waals surface area contributed by atoms with E-state index in [2.05, 4.69) is 55.4 Å². The molecule has 0 saturated carbocycles. The van der Waals surface area contributed by atoms with Gasteiger partial charge in [0.2, 0.25) is 0 Å². The molecule has 16 nitrogen and oxygen atoms in total. The summed E-state index contributed by atoms with van der Waals surface area (Å²) >= 11 is 0.0753. The van der Waals surface area contributed by atoms with Crippen LogP contribution in [0.2, 0.25) is 17.7 Å². The van der Waals surface area contributed by atoms with E-state index in [0.717, 1.165) is 89.2 Å². The van der Waals surface area contributed by atoms with Gasteiger partial charge in [-0.1, -0.05) is 233 Å². The van der Waals surface area contributed by atoms with Gasteiger partial charge < -0.3 is 60.0 Å². The minimum atomic E-state index is -1.48. The molecule has 0 aliphatic carbocycles. The summed E-state index contributed by atoms with van der Waals surface area (Å²) in [4.78, 5) is 84.2. The number of unbranched alkanes of at least 4 members (excludes halogenated alkanes) is 68. The SMILES string of the molecule is CCCCCCCCCC/C(=C/C(=O)O)C(=O)O.CCCCCCCCCC/C(=C/C(=O)O)C(=O)O.CCCCCCCCCCCC/C(=C/C(=O)[O-])C(=O)[O-].CCCCCCCCCCCC/C(=C/C(=O)[O-])C(=O)[O-].CCCCCCCCCCC[CH2][Sn+2][CH2]CCCCCCCCCCC.CCCCCCCCCCC[CH2][Sn+2][CH2]CCCCCCCCCCC. The van der Waals surface area contributed by atoms with Crippen LogP contribution in [0.1, 0.15) is 569 Å². The van der Waals surface area contributed by atoms with E-state index in [1.807, 2.05) is 0 Å². The van der Waals surface area contributed by atoms with Crippen LogP contribution in [0, 0.1) is 0 Å². The first-order valence-corrected chi connectivity index (χ1v) is 61.2. The number of carbonyl (C=O) groups is 8. The molecular formula is C108H200O16Sn2. The second-order valence-electron chi connectivity index (χ2n) is 35.7. The number of hydrogen-bond acceptors (Lipinski definition) is 12. The van der Waals surface area contributed by atoms with E-state index in [0.29, 0.717) is 37.8 Å². The predicted octanol–water partition coefficient (Wildman–Crippen LogP) is 29.4. The van der Waals surface area contributed by atoms with Crippen LogP contribution in [-0.2, 0) is 38.4 Å². The summed E-state index contributed by atoms with van der Waals surface area (Å²) in [5.41, 5.74) is -0.365. The average Bonchev–Trinajstić information content (AvgIpc) is 0.970. The molecule has 0 atom stereocenters. The van der Waals surface area contributed by atoms with Crippen LogP contribution in [0.3, 0.4) is 0 Å². The van der Waals surface area contributed by atoms with Crippen molar-refractivity contribution in [3.05, 3.63) is 46.6 Å². The van der Waals surface area contributed by atoms with Crippen LogP contribution in [0.15, 0.2) is 46.6 Å². The summed E-state index contributed by atoms with van der Waals surface area (Å²) in [6, 6.07) is 0. The molecule has 0 fully saturated rings. The van der Waals surface area contributed by atoms with Crippen molar-refractivity contribution in [1.29, 1.82) is 0 Å². The summed E-state index contributed by atoms with van der Waals surface area (Å²) in [6.45, 7) is 18.0. The molecule has 0 aliphatic rings. The number of carboxylic acid groups (broad SMARTS) is 8. The minimum absolute atomic E-state index is 0.00603. The molecule has 0 saturated heterocycles. The molecule has 0 amide bonds. The number of aliphatic carboxylic acids is 8. The van der Waals surface area contributed by atoms with Crippen molar-refractivity contribution in [2.75, 3.05) is 0 Å². The summed E-state index contributed by atoms with van der Waals surface area (Å²) in [7, 11) is 0. The van der Waals surface area contributed by atoms with Crippen LogP contribution in [0.5, 0.6) is 0 Å². The molecule has 0 bridgehead atoms. The van der Waals surface area contributed by atoms with E-state index < -0.39 is 47.8 Å². The van der Waals surface area contributed by atoms with E-state index in [1.165, 1.54) is 372 Å². The normalized spacial score (nSPS) is 11.3. The molecule has 0 aliphatic heterocycles. The fraction of sp³-hybridized carbons (Fsp3) is 0.852. The van der Waals surface area contributed by atoms with Gasteiger partial charge in [0.1, 0.15) is 0 Å². The van der Waals surface area contributed by atoms with Gasteiger partial charge in [-0.3, -0.25) is 0 Å². The Morgan fingerprint density at radius 1 is 0.183 bits per heavy atom. The van der Waals surface area contributed by atoms with Gasteiger partial charge in [-0.05, 0) is 74.7 Å². The van der Waals surface area contributed by atoms with Crippen molar-refractivity contribution < 1.29 is 79.2 Å². The number of rotatable bonds is 92. The van der Waals surface area contributed by atoms with E-state index in [4.69, 9.17) is 20.4 Å². The predicted molar refractivity (Wildman–Crippen MR) is 528 cm³/mol. The van der Waals surface area contributed by atoms with E-state index >= 15 is 0 Å². The standard InChI is InChI=1S/2C16H28O4.2C14H24O4.4C12H25.2Sn/c2*1-2-3-4-5-6-7-8-9-10-11-12-14(16(19)20)13-15(17)18;2*1-2-3-4-5-6-7-8-9-10-12(14(17)18)11-13(15)16;4*1-3-5-7-9-11-12-10-8-6-4-2;;/h2*13H,2-12H2,1H3,(H,17,18)(H,19,20);2*11H,2-10H2,1H3,(H,15,16)(H,17,18);4*1,3-12H2,2H3;;/q;;;;;;;;2*+2/p-4/b2*14-13-;2*12-11-;;;;;;. The Hall–Kier alpha value is -3.68. The van der Waals surface area contributed by atoms with Crippen LogP contribution in [0.25, 0.3) is 0 Å². The van der Waals surface area contributed by atoms with Gasteiger partial charge in [0.05, 0.1) is 23.9 Å². The van der Waals surface area contributed by atoms with Crippen molar-refractivity contribution in [3.8, 4) is 0 Å². The zero-order chi connectivity index (χ0) is 94.6. The van der Waals surface area contributed by atoms with Gasteiger partial charge in [0, 0.05) is 23.3 Å².